The van der Waals surface area contributed by atoms with E-state index in [1.54, 1.807) is 0 Å². The Morgan fingerprint density at radius 2 is 1.38 bits per heavy atom. The van der Waals surface area contributed by atoms with Gasteiger partial charge in [-0.2, -0.15) is 23.6 Å². The predicted octanol–water partition coefficient (Wildman–Crippen LogP) is 0.246. The molecule has 24 heavy (non-hydrogen) atoms. The maximum absolute atomic E-state index is 2.28. The molecule has 0 fully saturated rings. The topological polar surface area (TPSA) is 0 Å². The second-order valence-electron chi connectivity index (χ2n) is 5.73. The molecule has 0 atom stereocenters. The molecule has 0 aliphatic carbocycles. The normalized spacial score (nSPS) is 9.46. The Bertz CT molecular complexity index is 782. The van der Waals surface area contributed by atoms with Crippen LogP contribution in [-0.4, -0.2) is 0 Å². The first-order valence-corrected chi connectivity index (χ1v) is 7.50. The van der Waals surface area contributed by atoms with Gasteiger partial charge in [-0.3, -0.25) is 0 Å². The molecule has 0 aliphatic heterocycles. The van der Waals surface area contributed by atoms with Crippen LogP contribution in [0.2, 0.25) is 0 Å². The summed E-state index contributed by atoms with van der Waals surface area (Å²) in [6.45, 7) is 4.46. The molecule has 4 rings (SSSR count). The van der Waals surface area contributed by atoms with Crippen molar-refractivity contribution in [2.75, 3.05) is 0 Å². The van der Waals surface area contributed by atoms with E-state index < -0.39 is 0 Å². The van der Waals surface area contributed by atoms with Crippen molar-refractivity contribution < 1.29 is 55.6 Å². The largest absolute Gasteiger partial charge is 4.00 e. The van der Waals surface area contributed by atoms with Gasteiger partial charge in [0.1, 0.15) is 0 Å². The molecular formula is C21H20BrClZr. The van der Waals surface area contributed by atoms with Gasteiger partial charge in [0.2, 0.25) is 0 Å². The summed E-state index contributed by atoms with van der Waals surface area (Å²) in [4.78, 5) is 0. The third kappa shape index (κ3) is 5.69. The van der Waals surface area contributed by atoms with Crippen molar-refractivity contribution in [1.29, 1.82) is 0 Å². The molecular weight excluding hydrogens is 459 g/mol. The van der Waals surface area contributed by atoms with E-state index in [2.05, 4.69) is 92.7 Å². The predicted molar refractivity (Wildman–Crippen MR) is 93.2 cm³/mol. The summed E-state index contributed by atoms with van der Waals surface area (Å²) >= 11 is 0. The minimum absolute atomic E-state index is 0. The molecule has 4 aromatic carbocycles. The third-order valence-corrected chi connectivity index (χ3v) is 3.85. The van der Waals surface area contributed by atoms with Gasteiger partial charge in [-0.1, -0.05) is 26.0 Å². The molecule has 0 aromatic heterocycles. The molecule has 3 heteroatoms. The van der Waals surface area contributed by atoms with Crippen LogP contribution in [0.25, 0.3) is 21.5 Å². The van der Waals surface area contributed by atoms with Gasteiger partial charge < -0.3 is 29.4 Å². The van der Waals surface area contributed by atoms with Crippen molar-refractivity contribution >= 4 is 21.5 Å². The van der Waals surface area contributed by atoms with E-state index in [4.69, 9.17) is 0 Å². The summed E-state index contributed by atoms with van der Waals surface area (Å²) < 4.78 is 0. The van der Waals surface area contributed by atoms with E-state index >= 15 is 0 Å². The molecule has 0 unspecified atom stereocenters. The van der Waals surface area contributed by atoms with E-state index in [1.807, 2.05) is 0 Å². The van der Waals surface area contributed by atoms with Crippen LogP contribution in [0.15, 0.2) is 78.9 Å². The number of hydrogen-bond donors (Lipinski definition) is 0. The number of fused-ring (bicyclic) bond motifs is 2. The van der Waals surface area contributed by atoms with E-state index in [-0.39, 0.29) is 55.6 Å². The fourth-order valence-corrected chi connectivity index (χ4v) is 2.58. The number of halogens is 2. The first-order valence-electron chi connectivity index (χ1n) is 7.50. The smallest absolute Gasteiger partial charge is 1.00 e. The summed E-state index contributed by atoms with van der Waals surface area (Å²) in [5.74, 6) is 0.636. The molecule has 0 amide bonds. The van der Waals surface area contributed by atoms with E-state index in [0.717, 1.165) is 0 Å². The minimum Gasteiger partial charge on any atom is -1.00 e. The van der Waals surface area contributed by atoms with Gasteiger partial charge in [-0.15, -0.1) is 70.3 Å². The Morgan fingerprint density at radius 3 is 1.96 bits per heavy atom. The fraction of sp³-hybridized carbons (Fsp3) is 0.143. The maximum atomic E-state index is 2.28. The number of benzene rings is 2. The van der Waals surface area contributed by atoms with Crippen molar-refractivity contribution in [3.05, 3.63) is 84.4 Å². The maximum Gasteiger partial charge on any atom is 4.00 e. The number of hydrogen-bond acceptors (Lipinski definition) is 0. The van der Waals surface area contributed by atoms with Gasteiger partial charge in [0.05, 0.1) is 0 Å². The Balaban J connectivity index is 0.000000402. The van der Waals surface area contributed by atoms with Crippen molar-refractivity contribution in [2.24, 2.45) is 0 Å². The SMILES string of the molecule is CC(C)c1cc2ccccc2[cH-]1.[Br-].[Cl-].[Zr+4].c1ccc2[cH-]ccc2c1. The Hall–Kier alpha value is -0.687. The average Bonchev–Trinajstić information content (AvgIpc) is 3.14. The molecule has 4 aromatic rings. The monoisotopic (exact) mass is 476 g/mol. The molecule has 0 spiro atoms. The zero-order valence-electron chi connectivity index (χ0n) is 13.8. The van der Waals surface area contributed by atoms with Crippen LogP contribution in [0, 0.1) is 0 Å². The molecule has 0 radical (unpaired) electrons. The Morgan fingerprint density at radius 1 is 0.792 bits per heavy atom. The molecule has 0 aliphatic rings. The summed E-state index contributed by atoms with van der Waals surface area (Å²) in [6, 6.07) is 27.7. The van der Waals surface area contributed by atoms with Gasteiger partial charge >= 0.3 is 26.2 Å². The van der Waals surface area contributed by atoms with Crippen molar-refractivity contribution in [1.82, 2.24) is 0 Å². The first-order chi connectivity index (χ1) is 10.2. The minimum atomic E-state index is 0. The summed E-state index contributed by atoms with van der Waals surface area (Å²) in [5, 5.41) is 5.39. The third-order valence-electron chi connectivity index (χ3n) is 3.85. The molecule has 0 bridgehead atoms. The second-order valence-corrected chi connectivity index (χ2v) is 5.73. The van der Waals surface area contributed by atoms with Crippen molar-refractivity contribution in [3.8, 4) is 0 Å². The van der Waals surface area contributed by atoms with Crippen LogP contribution in [0.1, 0.15) is 25.3 Å². The van der Waals surface area contributed by atoms with E-state index in [0.29, 0.717) is 5.92 Å². The summed E-state index contributed by atoms with van der Waals surface area (Å²) in [6.07, 6.45) is 0. The van der Waals surface area contributed by atoms with Crippen LogP contribution >= 0.6 is 0 Å². The zero-order valence-corrected chi connectivity index (χ0v) is 18.6. The summed E-state index contributed by atoms with van der Waals surface area (Å²) in [5.41, 5.74) is 1.44. The zero-order chi connectivity index (χ0) is 14.7. The molecule has 122 valence electrons. The van der Waals surface area contributed by atoms with Gasteiger partial charge in [0.15, 0.2) is 0 Å². The molecule has 0 saturated carbocycles. The van der Waals surface area contributed by atoms with Crippen LogP contribution in [0.3, 0.4) is 0 Å². The van der Waals surface area contributed by atoms with Gasteiger partial charge in [0, 0.05) is 0 Å². The quantitative estimate of drug-likeness (QED) is 0.344. The van der Waals surface area contributed by atoms with Gasteiger partial charge in [0.25, 0.3) is 0 Å². The average molecular weight is 479 g/mol. The van der Waals surface area contributed by atoms with Crippen molar-refractivity contribution in [2.45, 2.75) is 19.8 Å². The second kappa shape index (κ2) is 11.0. The number of rotatable bonds is 1. The summed E-state index contributed by atoms with van der Waals surface area (Å²) in [7, 11) is 0. The molecule has 0 N–H and O–H groups in total. The van der Waals surface area contributed by atoms with E-state index in [9.17, 15) is 0 Å². The van der Waals surface area contributed by atoms with Crippen LogP contribution in [0.5, 0.6) is 0 Å². The van der Waals surface area contributed by atoms with Crippen molar-refractivity contribution in [3.63, 3.8) is 0 Å². The van der Waals surface area contributed by atoms with Gasteiger partial charge in [-0.25, -0.2) is 0 Å². The Labute approximate surface area is 180 Å². The van der Waals surface area contributed by atoms with Crippen LogP contribution in [0.4, 0.5) is 0 Å². The fourth-order valence-electron chi connectivity index (χ4n) is 2.58. The Kier molecular flexibility index (Phi) is 10.7. The van der Waals surface area contributed by atoms with E-state index in [1.165, 1.54) is 27.1 Å². The first kappa shape index (κ1) is 23.3. The molecule has 0 saturated heterocycles. The van der Waals surface area contributed by atoms with Gasteiger partial charge in [-0.05, 0) is 5.92 Å². The van der Waals surface area contributed by atoms with Crippen LogP contribution < -0.4 is 29.4 Å². The van der Waals surface area contributed by atoms with Crippen LogP contribution in [-0.2, 0) is 26.2 Å². The molecule has 0 nitrogen and oxygen atoms in total. The molecule has 0 heterocycles. The standard InChI is InChI=1S/C12H13.C9H7.BrH.ClH.Zr/c1-9(2)12-7-10-5-3-4-6-11(10)8-12;1-2-5-9-7-3-6-8(9)4-1;;;/h3-9H,1-2H3;1-7H;2*1H;/q2*-1;;;+4/p-2.